The topological polar surface area (TPSA) is 3.24 Å². The highest BCUT2D eigenvalue weighted by molar-refractivity contribution is 6.32. The van der Waals surface area contributed by atoms with E-state index in [0.717, 1.165) is 12.0 Å². The van der Waals surface area contributed by atoms with Crippen molar-refractivity contribution in [3.8, 4) is 0 Å². The lowest BCUT2D eigenvalue weighted by molar-refractivity contribution is 0.166. The summed E-state index contributed by atoms with van der Waals surface area (Å²) in [7, 11) is 5.66. The molecular weight excluding hydrogens is 181 g/mol. The quantitative estimate of drug-likeness (QED) is 0.674. The van der Waals surface area contributed by atoms with E-state index in [1.165, 1.54) is 5.56 Å². The maximum Gasteiger partial charge on any atom is 0.113 e. The fourth-order valence-corrected chi connectivity index (χ4v) is 1.80. The third-order valence-corrected chi connectivity index (χ3v) is 2.67. The van der Waals surface area contributed by atoms with Gasteiger partial charge in [0.1, 0.15) is 7.85 Å². The molecule has 0 heterocycles. The maximum absolute atomic E-state index is 5.66. The molecule has 0 saturated heterocycles. The van der Waals surface area contributed by atoms with Gasteiger partial charge < -0.3 is 0 Å². The molecule has 0 N–H and O–H groups in total. The van der Waals surface area contributed by atoms with E-state index in [1.54, 1.807) is 0 Å². The van der Waals surface area contributed by atoms with Crippen LogP contribution in [0.25, 0.3) is 0 Å². The normalized spacial score (nSPS) is 11.7. The van der Waals surface area contributed by atoms with Gasteiger partial charge in [0.2, 0.25) is 0 Å². The fourth-order valence-electron chi connectivity index (χ4n) is 1.80. The van der Waals surface area contributed by atoms with Crippen LogP contribution in [0.5, 0.6) is 0 Å². The smallest absolute Gasteiger partial charge is 0.113 e. The van der Waals surface area contributed by atoms with E-state index in [1.807, 2.05) is 12.1 Å². The SMILES string of the molecule is [B]c1ccc(CN(C(C)C)C(C)C)cc1. The highest BCUT2D eigenvalue weighted by Gasteiger charge is 2.13. The van der Waals surface area contributed by atoms with E-state index in [9.17, 15) is 0 Å². The first-order chi connectivity index (χ1) is 7.00. The predicted octanol–water partition coefficient (Wildman–Crippen LogP) is 2.10. The molecule has 0 atom stereocenters. The summed E-state index contributed by atoms with van der Waals surface area (Å²) in [4.78, 5) is 2.46. The van der Waals surface area contributed by atoms with Crippen LogP contribution in [0.1, 0.15) is 33.3 Å². The molecule has 0 aliphatic rings. The van der Waals surface area contributed by atoms with Crippen molar-refractivity contribution in [2.24, 2.45) is 0 Å². The van der Waals surface area contributed by atoms with Crippen molar-refractivity contribution in [1.29, 1.82) is 0 Å². The molecule has 2 radical (unpaired) electrons. The number of hydrogen-bond acceptors (Lipinski definition) is 1. The lowest BCUT2D eigenvalue weighted by Crippen LogP contribution is -2.36. The van der Waals surface area contributed by atoms with Gasteiger partial charge in [-0.2, -0.15) is 0 Å². The predicted molar refractivity (Wildman–Crippen MR) is 67.6 cm³/mol. The number of rotatable bonds is 4. The van der Waals surface area contributed by atoms with Crippen LogP contribution in [0, 0.1) is 0 Å². The molecule has 0 fully saturated rings. The van der Waals surface area contributed by atoms with Crippen molar-refractivity contribution in [2.75, 3.05) is 0 Å². The van der Waals surface area contributed by atoms with Crippen LogP contribution in [0.2, 0.25) is 0 Å². The van der Waals surface area contributed by atoms with Gasteiger partial charge in [-0.1, -0.05) is 29.7 Å². The highest BCUT2D eigenvalue weighted by Crippen LogP contribution is 2.10. The highest BCUT2D eigenvalue weighted by atomic mass is 15.2. The van der Waals surface area contributed by atoms with Gasteiger partial charge in [-0.3, -0.25) is 4.90 Å². The molecule has 0 spiro atoms. The first-order valence-corrected chi connectivity index (χ1v) is 5.61. The molecule has 0 aromatic heterocycles. The van der Waals surface area contributed by atoms with E-state index in [0.29, 0.717) is 12.1 Å². The van der Waals surface area contributed by atoms with Crippen LogP contribution in [-0.2, 0) is 6.54 Å². The minimum Gasteiger partial charge on any atom is -0.294 e. The Labute approximate surface area is 94.9 Å². The Balaban J connectivity index is 2.70. The van der Waals surface area contributed by atoms with Crippen molar-refractivity contribution < 1.29 is 0 Å². The zero-order valence-electron chi connectivity index (χ0n) is 10.2. The van der Waals surface area contributed by atoms with Crippen molar-refractivity contribution in [2.45, 2.75) is 46.3 Å². The number of hydrogen-bond donors (Lipinski definition) is 0. The van der Waals surface area contributed by atoms with Gasteiger partial charge in [0.05, 0.1) is 0 Å². The molecule has 1 nitrogen and oxygen atoms in total. The Morgan fingerprint density at radius 3 is 1.87 bits per heavy atom. The molecule has 1 rings (SSSR count). The van der Waals surface area contributed by atoms with Crippen molar-refractivity contribution >= 4 is 13.3 Å². The zero-order chi connectivity index (χ0) is 11.4. The van der Waals surface area contributed by atoms with E-state index in [4.69, 9.17) is 7.85 Å². The molecule has 15 heavy (non-hydrogen) atoms. The summed E-state index contributed by atoms with van der Waals surface area (Å²) in [5, 5.41) is 0. The molecular formula is C13H20BN. The second kappa shape index (κ2) is 5.36. The summed E-state index contributed by atoms with van der Waals surface area (Å²) < 4.78 is 0. The van der Waals surface area contributed by atoms with Gasteiger partial charge in [-0.05, 0) is 33.3 Å². The van der Waals surface area contributed by atoms with Crippen molar-refractivity contribution in [3.63, 3.8) is 0 Å². The third kappa shape index (κ3) is 3.71. The molecule has 2 heteroatoms. The molecule has 0 aliphatic carbocycles. The van der Waals surface area contributed by atoms with Crippen LogP contribution >= 0.6 is 0 Å². The molecule has 80 valence electrons. The molecule has 0 bridgehead atoms. The lowest BCUT2D eigenvalue weighted by Gasteiger charge is -2.30. The largest absolute Gasteiger partial charge is 0.294 e. The molecule has 1 aromatic rings. The van der Waals surface area contributed by atoms with Gasteiger partial charge in [0.15, 0.2) is 0 Å². The van der Waals surface area contributed by atoms with Crippen LogP contribution < -0.4 is 5.46 Å². The third-order valence-electron chi connectivity index (χ3n) is 2.67. The van der Waals surface area contributed by atoms with E-state index >= 15 is 0 Å². The minimum atomic E-state index is 0.572. The van der Waals surface area contributed by atoms with E-state index < -0.39 is 0 Å². The minimum absolute atomic E-state index is 0.572. The average molecular weight is 201 g/mol. The van der Waals surface area contributed by atoms with Gasteiger partial charge in [0.25, 0.3) is 0 Å². The summed E-state index contributed by atoms with van der Waals surface area (Å²) >= 11 is 0. The van der Waals surface area contributed by atoms with Gasteiger partial charge >= 0.3 is 0 Å². The maximum atomic E-state index is 5.66. The fraction of sp³-hybridized carbons (Fsp3) is 0.538. The summed E-state index contributed by atoms with van der Waals surface area (Å²) in [6, 6.07) is 9.29. The molecule has 0 saturated carbocycles. The molecule has 0 unspecified atom stereocenters. The summed E-state index contributed by atoms with van der Waals surface area (Å²) in [6.07, 6.45) is 0. The van der Waals surface area contributed by atoms with E-state index in [2.05, 4.69) is 44.7 Å². The average Bonchev–Trinajstić information content (AvgIpc) is 2.15. The summed E-state index contributed by atoms with van der Waals surface area (Å²) in [5.74, 6) is 0. The van der Waals surface area contributed by atoms with E-state index in [-0.39, 0.29) is 0 Å². The van der Waals surface area contributed by atoms with Crippen molar-refractivity contribution in [3.05, 3.63) is 29.8 Å². The summed E-state index contributed by atoms with van der Waals surface area (Å²) in [6.45, 7) is 9.93. The first kappa shape index (κ1) is 12.3. The Morgan fingerprint density at radius 2 is 1.47 bits per heavy atom. The Bertz CT molecular complexity index is 282. The molecule has 0 aliphatic heterocycles. The molecule has 0 amide bonds. The van der Waals surface area contributed by atoms with Crippen LogP contribution in [-0.4, -0.2) is 24.8 Å². The zero-order valence-corrected chi connectivity index (χ0v) is 10.2. The van der Waals surface area contributed by atoms with Gasteiger partial charge in [-0.25, -0.2) is 0 Å². The second-order valence-electron chi connectivity index (χ2n) is 4.60. The first-order valence-electron chi connectivity index (χ1n) is 5.61. The number of benzene rings is 1. The van der Waals surface area contributed by atoms with Crippen LogP contribution in [0.3, 0.4) is 0 Å². The lowest BCUT2D eigenvalue weighted by atomic mass is 9.95. The second-order valence-corrected chi connectivity index (χ2v) is 4.60. The monoisotopic (exact) mass is 201 g/mol. The van der Waals surface area contributed by atoms with Crippen LogP contribution in [0.15, 0.2) is 24.3 Å². The summed E-state index contributed by atoms with van der Waals surface area (Å²) in [5.41, 5.74) is 2.16. The Hall–Kier alpha value is -0.755. The Kier molecular flexibility index (Phi) is 4.40. The molecule has 1 aromatic carbocycles. The van der Waals surface area contributed by atoms with Gasteiger partial charge in [-0.15, -0.1) is 0 Å². The van der Waals surface area contributed by atoms with Crippen LogP contribution in [0.4, 0.5) is 0 Å². The Morgan fingerprint density at radius 1 is 1.00 bits per heavy atom. The van der Waals surface area contributed by atoms with Gasteiger partial charge in [0, 0.05) is 18.6 Å². The number of nitrogens with zero attached hydrogens (tertiary/aromatic N) is 1. The van der Waals surface area contributed by atoms with Crippen molar-refractivity contribution in [1.82, 2.24) is 4.90 Å². The standard InChI is InChI=1S/C13H20BN/c1-10(2)15(11(3)4)9-12-5-7-13(14)8-6-12/h5-8,10-11H,9H2,1-4H3.